The first kappa shape index (κ1) is 22.9. The topological polar surface area (TPSA) is 97.7 Å². The normalized spacial score (nSPS) is 16.1. The van der Waals surface area contributed by atoms with E-state index in [0.717, 1.165) is 0 Å². The number of rotatable bonds is 5. The molecule has 0 saturated carbocycles. The lowest BCUT2D eigenvalue weighted by atomic mass is 9.97. The Kier molecular flexibility index (Phi) is 6.30. The number of carbonyl (C=O) groups excluding carboxylic acids is 1. The SMILES string of the molecule is COC(=O)/C(=C1/C=C(c2ccccc2)S(=O)(=O)C(c2ccc(C(=O)O)cc2)=C1)c1ccccc1. The van der Waals surface area contributed by atoms with Gasteiger partial charge in [-0.25, -0.2) is 18.0 Å². The highest BCUT2D eigenvalue weighted by Crippen LogP contribution is 2.40. The maximum atomic E-state index is 13.7. The van der Waals surface area contributed by atoms with Crippen LogP contribution in [0, 0.1) is 0 Å². The first-order valence-corrected chi connectivity index (χ1v) is 11.8. The molecule has 0 atom stereocenters. The number of carbonyl (C=O) groups is 2. The van der Waals surface area contributed by atoms with Crippen LogP contribution in [0.25, 0.3) is 15.4 Å². The van der Waals surface area contributed by atoms with Crippen LogP contribution >= 0.6 is 0 Å². The first-order valence-electron chi connectivity index (χ1n) is 10.3. The van der Waals surface area contributed by atoms with E-state index in [1.54, 1.807) is 54.6 Å². The van der Waals surface area contributed by atoms with Crippen molar-refractivity contribution in [1.29, 1.82) is 0 Å². The van der Waals surface area contributed by atoms with Crippen molar-refractivity contribution in [2.75, 3.05) is 7.11 Å². The van der Waals surface area contributed by atoms with Crippen molar-refractivity contribution in [2.45, 2.75) is 0 Å². The van der Waals surface area contributed by atoms with Gasteiger partial charge >= 0.3 is 11.9 Å². The number of allylic oxidation sites excluding steroid dienone is 3. The number of aromatic carboxylic acids is 1. The summed E-state index contributed by atoms with van der Waals surface area (Å²) >= 11 is 0. The molecule has 0 amide bonds. The molecule has 3 aromatic rings. The molecule has 4 rings (SSSR count). The first-order chi connectivity index (χ1) is 16.3. The van der Waals surface area contributed by atoms with Crippen LogP contribution in [-0.4, -0.2) is 32.6 Å². The highest BCUT2D eigenvalue weighted by Gasteiger charge is 2.32. The van der Waals surface area contributed by atoms with Crippen molar-refractivity contribution < 1.29 is 27.9 Å². The summed E-state index contributed by atoms with van der Waals surface area (Å²) in [6, 6.07) is 23.0. The van der Waals surface area contributed by atoms with E-state index in [1.165, 1.54) is 43.5 Å². The predicted molar refractivity (Wildman–Crippen MR) is 130 cm³/mol. The molecule has 1 aliphatic rings. The third-order valence-electron chi connectivity index (χ3n) is 5.37. The van der Waals surface area contributed by atoms with E-state index in [-0.39, 0.29) is 20.9 Å². The largest absolute Gasteiger partial charge is 0.478 e. The highest BCUT2D eigenvalue weighted by molar-refractivity contribution is 8.09. The van der Waals surface area contributed by atoms with Crippen LogP contribution in [0.2, 0.25) is 0 Å². The summed E-state index contributed by atoms with van der Waals surface area (Å²) in [7, 11) is -2.73. The second-order valence-corrected chi connectivity index (χ2v) is 9.34. The molecule has 1 heterocycles. The zero-order valence-electron chi connectivity index (χ0n) is 18.1. The van der Waals surface area contributed by atoms with Crippen LogP contribution in [-0.2, 0) is 19.4 Å². The summed E-state index contributed by atoms with van der Waals surface area (Å²) in [6.07, 6.45) is 2.90. The Balaban J connectivity index is 2.03. The molecule has 7 heteroatoms. The molecule has 6 nitrogen and oxygen atoms in total. The fourth-order valence-corrected chi connectivity index (χ4v) is 5.40. The molecule has 0 aromatic heterocycles. The van der Waals surface area contributed by atoms with E-state index >= 15 is 0 Å². The summed E-state index contributed by atoms with van der Waals surface area (Å²) in [4.78, 5) is 24.1. The number of methoxy groups -OCH3 is 1. The maximum absolute atomic E-state index is 13.7. The molecule has 0 bridgehead atoms. The molecule has 1 aliphatic heterocycles. The van der Waals surface area contributed by atoms with Crippen molar-refractivity contribution in [3.05, 3.63) is 125 Å². The van der Waals surface area contributed by atoms with Crippen molar-refractivity contribution in [3.63, 3.8) is 0 Å². The molecule has 0 spiro atoms. The van der Waals surface area contributed by atoms with Crippen LogP contribution in [0.5, 0.6) is 0 Å². The quantitative estimate of drug-likeness (QED) is 0.422. The Hall–Kier alpha value is -4.23. The number of ether oxygens (including phenoxy) is 1. The summed E-state index contributed by atoms with van der Waals surface area (Å²) in [5.74, 6) is -1.73. The van der Waals surface area contributed by atoms with Gasteiger partial charge < -0.3 is 9.84 Å². The van der Waals surface area contributed by atoms with Gasteiger partial charge in [0.05, 0.1) is 28.1 Å². The molecule has 0 radical (unpaired) electrons. The average Bonchev–Trinajstić information content (AvgIpc) is 2.86. The van der Waals surface area contributed by atoms with Crippen LogP contribution < -0.4 is 0 Å². The molecule has 3 aromatic carbocycles. The van der Waals surface area contributed by atoms with Crippen molar-refractivity contribution in [2.24, 2.45) is 0 Å². The molecule has 170 valence electrons. The summed E-state index contributed by atoms with van der Waals surface area (Å²) in [6.45, 7) is 0. The van der Waals surface area contributed by atoms with Crippen LogP contribution in [0.1, 0.15) is 27.0 Å². The molecule has 0 fully saturated rings. The van der Waals surface area contributed by atoms with Gasteiger partial charge in [-0.1, -0.05) is 72.8 Å². The summed E-state index contributed by atoms with van der Waals surface area (Å²) in [5, 5.41) is 9.21. The van der Waals surface area contributed by atoms with Crippen LogP contribution in [0.15, 0.2) is 103 Å². The Labute approximate surface area is 197 Å². The Morgan fingerprint density at radius 3 is 1.71 bits per heavy atom. The third-order valence-corrected chi connectivity index (χ3v) is 7.23. The van der Waals surface area contributed by atoms with E-state index < -0.39 is 21.8 Å². The number of sulfone groups is 1. The van der Waals surface area contributed by atoms with E-state index in [2.05, 4.69) is 0 Å². The maximum Gasteiger partial charge on any atom is 0.339 e. The number of esters is 1. The highest BCUT2D eigenvalue weighted by atomic mass is 32.2. The molecule has 0 aliphatic carbocycles. The fraction of sp³-hybridized carbons (Fsp3) is 0.0370. The number of hydrogen-bond donors (Lipinski definition) is 1. The van der Waals surface area contributed by atoms with Crippen molar-refractivity contribution in [3.8, 4) is 0 Å². The molecule has 34 heavy (non-hydrogen) atoms. The molecule has 0 saturated heterocycles. The van der Waals surface area contributed by atoms with Gasteiger partial charge in [0.25, 0.3) is 0 Å². The molecular formula is C27H20O6S. The summed E-state index contributed by atoms with van der Waals surface area (Å²) < 4.78 is 32.4. The van der Waals surface area contributed by atoms with E-state index in [1.807, 2.05) is 6.07 Å². The van der Waals surface area contributed by atoms with Crippen molar-refractivity contribution >= 4 is 37.2 Å². The average molecular weight is 473 g/mol. The van der Waals surface area contributed by atoms with Gasteiger partial charge in [0.2, 0.25) is 9.84 Å². The molecule has 1 N–H and O–H groups in total. The van der Waals surface area contributed by atoms with E-state index in [9.17, 15) is 23.1 Å². The summed E-state index contributed by atoms with van der Waals surface area (Å²) in [5.41, 5.74) is 1.96. The van der Waals surface area contributed by atoms with Gasteiger partial charge in [0, 0.05) is 0 Å². The lowest BCUT2D eigenvalue weighted by Gasteiger charge is -2.20. The van der Waals surface area contributed by atoms with E-state index in [4.69, 9.17) is 4.74 Å². The minimum Gasteiger partial charge on any atom is -0.478 e. The lowest BCUT2D eigenvalue weighted by molar-refractivity contribution is -0.133. The third kappa shape index (κ3) is 4.33. The van der Waals surface area contributed by atoms with Gasteiger partial charge in [0.15, 0.2) is 0 Å². The number of benzene rings is 3. The fourth-order valence-electron chi connectivity index (χ4n) is 3.71. The minimum atomic E-state index is -4.00. The Morgan fingerprint density at radius 1 is 0.706 bits per heavy atom. The van der Waals surface area contributed by atoms with Crippen LogP contribution in [0.3, 0.4) is 0 Å². The molecular weight excluding hydrogens is 452 g/mol. The monoisotopic (exact) mass is 472 g/mol. The second-order valence-electron chi connectivity index (χ2n) is 7.46. The second kappa shape index (κ2) is 9.33. The van der Waals surface area contributed by atoms with Gasteiger partial charge in [-0.2, -0.15) is 0 Å². The number of carboxylic acids is 1. The van der Waals surface area contributed by atoms with Gasteiger partial charge in [-0.05, 0) is 46.5 Å². The molecule has 0 unspecified atom stereocenters. The zero-order valence-corrected chi connectivity index (χ0v) is 19.0. The van der Waals surface area contributed by atoms with Gasteiger partial charge in [-0.3, -0.25) is 0 Å². The minimum absolute atomic E-state index is 0.0280. The Morgan fingerprint density at radius 2 is 1.21 bits per heavy atom. The van der Waals surface area contributed by atoms with Gasteiger partial charge in [0.1, 0.15) is 0 Å². The van der Waals surface area contributed by atoms with Crippen molar-refractivity contribution in [1.82, 2.24) is 0 Å². The number of carboxylic acid groups (broad SMARTS) is 1. The van der Waals surface area contributed by atoms with E-state index in [0.29, 0.717) is 22.3 Å². The smallest absolute Gasteiger partial charge is 0.339 e. The lowest BCUT2D eigenvalue weighted by Crippen LogP contribution is -2.13. The van der Waals surface area contributed by atoms with Gasteiger partial charge in [-0.15, -0.1) is 0 Å². The number of hydrogen-bond acceptors (Lipinski definition) is 5. The van der Waals surface area contributed by atoms with Crippen LogP contribution in [0.4, 0.5) is 0 Å². The zero-order chi connectivity index (χ0) is 24.3. The standard InChI is InChI=1S/C27H20O6S/c1-33-27(30)25(20-10-6-3-7-11-20)22-16-23(18-8-4-2-5-9-18)34(31,32)24(17-22)19-12-14-21(15-13-19)26(28)29/h2-17H,1H3,(H,28,29)/b25-22-. The predicted octanol–water partition coefficient (Wildman–Crippen LogP) is 4.82. The Bertz CT molecular complexity index is 1450.